The molecule has 4 heteroatoms. The number of hydrogen-bond acceptors (Lipinski definition) is 3. The summed E-state index contributed by atoms with van der Waals surface area (Å²) in [5.41, 5.74) is 7.28. The van der Waals surface area contributed by atoms with E-state index in [4.69, 9.17) is 17.3 Å². The lowest BCUT2D eigenvalue weighted by molar-refractivity contribution is 0.782. The number of fused-ring (bicyclic) bond motifs is 1. The van der Waals surface area contributed by atoms with Crippen molar-refractivity contribution in [3.63, 3.8) is 0 Å². The van der Waals surface area contributed by atoms with E-state index in [9.17, 15) is 0 Å². The molecule has 0 aliphatic rings. The van der Waals surface area contributed by atoms with Gasteiger partial charge in [-0.1, -0.05) is 23.7 Å². The molecular weight excluding hydrogens is 222 g/mol. The minimum Gasteiger partial charge on any atom is -0.330 e. The Morgan fingerprint density at radius 2 is 2.12 bits per heavy atom. The molecule has 0 fully saturated rings. The number of aromatic nitrogens is 2. The number of hydrogen-bond donors (Lipinski definition) is 1. The topological polar surface area (TPSA) is 51.8 Å². The summed E-state index contributed by atoms with van der Waals surface area (Å²) in [6, 6.07) is 5.76. The zero-order valence-electron chi connectivity index (χ0n) is 9.20. The second-order valence-corrected chi connectivity index (χ2v) is 4.16. The summed E-state index contributed by atoms with van der Waals surface area (Å²) in [5.74, 6) is 0.823. The van der Waals surface area contributed by atoms with Crippen LogP contribution in [0.15, 0.2) is 18.2 Å². The monoisotopic (exact) mass is 235 g/mol. The second-order valence-electron chi connectivity index (χ2n) is 3.75. The molecular formula is C12H14ClN3. The van der Waals surface area contributed by atoms with Crippen LogP contribution in [-0.4, -0.2) is 16.5 Å². The Hall–Kier alpha value is -1.19. The molecule has 0 radical (unpaired) electrons. The first-order valence-corrected chi connectivity index (χ1v) is 5.72. The van der Waals surface area contributed by atoms with Crippen molar-refractivity contribution < 1.29 is 0 Å². The van der Waals surface area contributed by atoms with Gasteiger partial charge >= 0.3 is 0 Å². The van der Waals surface area contributed by atoms with Crippen LogP contribution in [0.5, 0.6) is 0 Å². The minimum atomic E-state index is 0.656. The van der Waals surface area contributed by atoms with Crippen molar-refractivity contribution in [2.75, 3.05) is 6.54 Å². The highest BCUT2D eigenvalue weighted by molar-refractivity contribution is 6.35. The molecule has 1 aromatic carbocycles. The Balaban J connectivity index is 2.52. The normalized spacial score (nSPS) is 10.9. The van der Waals surface area contributed by atoms with Crippen LogP contribution in [0.2, 0.25) is 5.02 Å². The largest absolute Gasteiger partial charge is 0.330 e. The average Bonchev–Trinajstić information content (AvgIpc) is 2.28. The number of aryl methyl sites for hydroxylation is 2. The number of benzene rings is 1. The molecule has 0 saturated heterocycles. The number of halogens is 1. The van der Waals surface area contributed by atoms with Crippen LogP contribution in [0.3, 0.4) is 0 Å². The predicted molar refractivity (Wildman–Crippen MR) is 66.7 cm³/mol. The van der Waals surface area contributed by atoms with Gasteiger partial charge in [0.05, 0.1) is 10.5 Å². The Bertz CT molecular complexity index is 511. The third-order valence-electron chi connectivity index (χ3n) is 2.52. The third-order valence-corrected chi connectivity index (χ3v) is 2.82. The summed E-state index contributed by atoms with van der Waals surface area (Å²) >= 11 is 6.12. The summed E-state index contributed by atoms with van der Waals surface area (Å²) in [4.78, 5) is 8.93. The van der Waals surface area contributed by atoms with Gasteiger partial charge in [0, 0.05) is 17.5 Å². The minimum absolute atomic E-state index is 0.656. The van der Waals surface area contributed by atoms with Gasteiger partial charge in [-0.25, -0.2) is 9.97 Å². The van der Waals surface area contributed by atoms with Gasteiger partial charge in [-0.05, 0) is 26.0 Å². The van der Waals surface area contributed by atoms with Gasteiger partial charge < -0.3 is 5.73 Å². The molecule has 0 saturated carbocycles. The summed E-state index contributed by atoms with van der Waals surface area (Å²) in [6.45, 7) is 2.63. The Morgan fingerprint density at radius 3 is 2.88 bits per heavy atom. The number of nitrogens with zero attached hydrogens (tertiary/aromatic N) is 2. The maximum Gasteiger partial charge on any atom is 0.129 e. The molecule has 1 aromatic heterocycles. The zero-order chi connectivity index (χ0) is 11.5. The van der Waals surface area contributed by atoms with Crippen LogP contribution < -0.4 is 5.73 Å². The highest BCUT2D eigenvalue weighted by Crippen LogP contribution is 2.23. The Labute approximate surface area is 99.7 Å². The van der Waals surface area contributed by atoms with E-state index in [0.29, 0.717) is 11.6 Å². The third kappa shape index (κ3) is 2.15. The van der Waals surface area contributed by atoms with Gasteiger partial charge in [0.25, 0.3) is 0 Å². The van der Waals surface area contributed by atoms with E-state index < -0.39 is 0 Å². The lowest BCUT2D eigenvalue weighted by Crippen LogP contribution is -2.04. The molecule has 2 rings (SSSR count). The number of nitrogens with two attached hydrogens (primary N) is 1. The highest BCUT2D eigenvalue weighted by Gasteiger charge is 2.06. The van der Waals surface area contributed by atoms with Gasteiger partial charge in [-0.2, -0.15) is 0 Å². The second kappa shape index (κ2) is 4.76. The molecule has 0 bridgehead atoms. The van der Waals surface area contributed by atoms with Crippen molar-refractivity contribution in [1.82, 2.24) is 9.97 Å². The standard InChI is InChI=1S/C12H14ClN3/c1-8-9-4-2-5-10(13)12(9)16-11(15-8)6-3-7-14/h2,4-5H,3,6-7,14H2,1H3. The fourth-order valence-corrected chi connectivity index (χ4v) is 1.92. The molecule has 3 nitrogen and oxygen atoms in total. The SMILES string of the molecule is Cc1nc(CCCN)nc2c(Cl)cccc12. The van der Waals surface area contributed by atoms with E-state index in [1.165, 1.54) is 0 Å². The molecule has 0 atom stereocenters. The van der Waals surface area contributed by atoms with Crippen LogP contribution in [0.25, 0.3) is 10.9 Å². The first-order valence-electron chi connectivity index (χ1n) is 5.34. The van der Waals surface area contributed by atoms with Gasteiger partial charge in [0.2, 0.25) is 0 Å². The van der Waals surface area contributed by atoms with Gasteiger partial charge in [0.15, 0.2) is 0 Å². The molecule has 0 aliphatic heterocycles. The summed E-state index contributed by atoms with van der Waals surface area (Å²) in [5, 5.41) is 1.70. The Kier molecular flexibility index (Phi) is 3.36. The van der Waals surface area contributed by atoms with E-state index in [1.807, 2.05) is 25.1 Å². The molecule has 2 N–H and O–H groups in total. The molecule has 0 amide bonds. The highest BCUT2D eigenvalue weighted by atomic mass is 35.5. The lowest BCUT2D eigenvalue weighted by Gasteiger charge is -2.06. The van der Waals surface area contributed by atoms with Crippen molar-refractivity contribution in [2.45, 2.75) is 19.8 Å². The van der Waals surface area contributed by atoms with Gasteiger partial charge in [-0.3, -0.25) is 0 Å². The first-order chi connectivity index (χ1) is 7.72. The first kappa shape index (κ1) is 11.3. The van der Waals surface area contributed by atoms with Crippen molar-refractivity contribution in [3.05, 3.63) is 34.7 Å². The average molecular weight is 236 g/mol. The predicted octanol–water partition coefficient (Wildman–Crippen LogP) is 2.48. The summed E-state index contributed by atoms with van der Waals surface area (Å²) in [6.07, 6.45) is 1.70. The quantitative estimate of drug-likeness (QED) is 0.889. The molecule has 16 heavy (non-hydrogen) atoms. The van der Waals surface area contributed by atoms with Crippen LogP contribution in [0.1, 0.15) is 17.9 Å². The van der Waals surface area contributed by atoms with Crippen LogP contribution >= 0.6 is 11.6 Å². The van der Waals surface area contributed by atoms with Crippen LogP contribution in [0, 0.1) is 6.92 Å². The van der Waals surface area contributed by atoms with E-state index in [0.717, 1.165) is 35.3 Å². The fraction of sp³-hybridized carbons (Fsp3) is 0.333. The van der Waals surface area contributed by atoms with Crippen molar-refractivity contribution >= 4 is 22.5 Å². The molecule has 0 aliphatic carbocycles. The van der Waals surface area contributed by atoms with E-state index in [-0.39, 0.29) is 0 Å². The van der Waals surface area contributed by atoms with E-state index >= 15 is 0 Å². The molecule has 0 spiro atoms. The summed E-state index contributed by atoms with van der Waals surface area (Å²) < 4.78 is 0. The van der Waals surface area contributed by atoms with Gasteiger partial charge in [-0.15, -0.1) is 0 Å². The lowest BCUT2D eigenvalue weighted by atomic mass is 10.2. The summed E-state index contributed by atoms with van der Waals surface area (Å²) in [7, 11) is 0. The fourth-order valence-electron chi connectivity index (χ4n) is 1.70. The Morgan fingerprint density at radius 1 is 1.31 bits per heavy atom. The van der Waals surface area contributed by atoms with Crippen molar-refractivity contribution in [3.8, 4) is 0 Å². The van der Waals surface area contributed by atoms with Crippen LogP contribution in [-0.2, 0) is 6.42 Å². The number of rotatable bonds is 3. The smallest absolute Gasteiger partial charge is 0.129 e. The number of para-hydroxylation sites is 1. The van der Waals surface area contributed by atoms with Crippen molar-refractivity contribution in [1.29, 1.82) is 0 Å². The van der Waals surface area contributed by atoms with E-state index in [2.05, 4.69) is 9.97 Å². The molecule has 1 heterocycles. The van der Waals surface area contributed by atoms with E-state index in [1.54, 1.807) is 0 Å². The van der Waals surface area contributed by atoms with Crippen molar-refractivity contribution in [2.24, 2.45) is 5.73 Å². The van der Waals surface area contributed by atoms with Gasteiger partial charge in [0.1, 0.15) is 5.82 Å². The molecule has 84 valence electrons. The molecule has 2 aromatic rings. The maximum absolute atomic E-state index is 6.12. The maximum atomic E-state index is 6.12. The zero-order valence-corrected chi connectivity index (χ0v) is 9.96. The van der Waals surface area contributed by atoms with Crippen LogP contribution in [0.4, 0.5) is 0 Å². The molecule has 0 unspecified atom stereocenters.